The highest BCUT2D eigenvalue weighted by molar-refractivity contribution is 5.50. The highest BCUT2D eigenvalue weighted by Crippen LogP contribution is 2.39. The molecule has 3 aliphatic rings. The summed E-state index contributed by atoms with van der Waals surface area (Å²) in [6, 6.07) is 4.83. The van der Waals surface area contributed by atoms with Gasteiger partial charge in [0.2, 0.25) is 0 Å². The van der Waals surface area contributed by atoms with Gasteiger partial charge in [0.15, 0.2) is 5.82 Å². The van der Waals surface area contributed by atoms with Crippen molar-refractivity contribution in [2.24, 2.45) is 0 Å². The van der Waals surface area contributed by atoms with Crippen molar-refractivity contribution in [3.63, 3.8) is 0 Å². The molecular weight excluding hydrogens is 324 g/mol. The highest BCUT2D eigenvalue weighted by Gasteiger charge is 2.33. The van der Waals surface area contributed by atoms with Crippen molar-refractivity contribution in [3.05, 3.63) is 34.9 Å². The van der Waals surface area contributed by atoms with Crippen molar-refractivity contribution >= 4 is 11.6 Å². The zero-order valence-corrected chi connectivity index (χ0v) is 15.6. The Balaban J connectivity index is 1.28. The summed E-state index contributed by atoms with van der Waals surface area (Å²) in [4.78, 5) is 14.1. The quantitative estimate of drug-likeness (QED) is 0.845. The molecule has 0 radical (unpaired) electrons. The molecular formula is C20H26N6. The number of nitrogens with zero attached hydrogens (tertiary/aromatic N) is 6. The van der Waals surface area contributed by atoms with Gasteiger partial charge in [-0.25, -0.2) is 9.97 Å². The van der Waals surface area contributed by atoms with Crippen molar-refractivity contribution < 1.29 is 0 Å². The SMILES string of the molecule is Cc1cc(N(C)C2CN(c3cc4c(nn3)CCCC4)C2)nc(C2CC2)n1. The highest BCUT2D eigenvalue weighted by atomic mass is 15.4. The standard InChI is InChI=1S/C20H26N6/c1-13-9-18(22-20(21-13)14-7-8-14)25(2)16-11-26(12-16)19-10-15-5-3-4-6-17(15)23-24-19/h9-10,14,16H,3-8,11-12H2,1-2H3. The Morgan fingerprint density at radius 2 is 1.85 bits per heavy atom. The van der Waals surface area contributed by atoms with E-state index in [2.05, 4.69) is 51.1 Å². The van der Waals surface area contributed by atoms with Crippen LogP contribution in [0, 0.1) is 6.92 Å². The largest absolute Gasteiger partial charge is 0.353 e. The zero-order valence-electron chi connectivity index (χ0n) is 15.6. The van der Waals surface area contributed by atoms with Crippen LogP contribution in [0.4, 0.5) is 11.6 Å². The Bertz CT molecular complexity index is 825. The molecule has 0 bridgehead atoms. The fourth-order valence-electron chi connectivity index (χ4n) is 3.99. The summed E-state index contributed by atoms with van der Waals surface area (Å²) in [5, 5.41) is 8.95. The van der Waals surface area contributed by atoms with Crippen LogP contribution >= 0.6 is 0 Å². The first-order chi connectivity index (χ1) is 12.7. The number of anilines is 2. The molecule has 6 heteroatoms. The van der Waals surface area contributed by atoms with Crippen LogP contribution in [0.5, 0.6) is 0 Å². The molecule has 136 valence electrons. The third-order valence-electron chi connectivity index (χ3n) is 5.95. The Kier molecular flexibility index (Phi) is 3.80. The average Bonchev–Trinajstić information content (AvgIpc) is 3.45. The number of hydrogen-bond donors (Lipinski definition) is 0. The molecule has 2 aromatic heterocycles. The molecule has 5 rings (SSSR count). The number of aryl methyl sites for hydroxylation is 3. The molecule has 2 aliphatic carbocycles. The van der Waals surface area contributed by atoms with Gasteiger partial charge in [0.1, 0.15) is 11.6 Å². The molecule has 2 fully saturated rings. The second kappa shape index (κ2) is 6.18. The monoisotopic (exact) mass is 350 g/mol. The normalized spacial score (nSPS) is 19.8. The van der Waals surface area contributed by atoms with Crippen LogP contribution in [-0.2, 0) is 12.8 Å². The Morgan fingerprint density at radius 3 is 2.65 bits per heavy atom. The summed E-state index contributed by atoms with van der Waals surface area (Å²) in [5.74, 6) is 3.71. The van der Waals surface area contributed by atoms with E-state index in [1.807, 2.05) is 0 Å². The van der Waals surface area contributed by atoms with E-state index >= 15 is 0 Å². The van der Waals surface area contributed by atoms with Gasteiger partial charge in [-0.2, -0.15) is 5.10 Å². The van der Waals surface area contributed by atoms with Crippen molar-refractivity contribution in [2.75, 3.05) is 29.9 Å². The second-order valence-electron chi connectivity index (χ2n) is 8.05. The molecule has 0 amide bonds. The first-order valence-electron chi connectivity index (χ1n) is 9.86. The number of rotatable bonds is 4. The first-order valence-corrected chi connectivity index (χ1v) is 9.86. The minimum Gasteiger partial charge on any atom is -0.353 e. The number of fused-ring (bicyclic) bond motifs is 1. The predicted molar refractivity (Wildman–Crippen MR) is 102 cm³/mol. The topological polar surface area (TPSA) is 58.0 Å². The van der Waals surface area contributed by atoms with Gasteiger partial charge in [-0.05, 0) is 57.1 Å². The van der Waals surface area contributed by atoms with E-state index < -0.39 is 0 Å². The van der Waals surface area contributed by atoms with Crippen LogP contribution in [-0.4, -0.2) is 46.3 Å². The lowest BCUT2D eigenvalue weighted by molar-refractivity contribution is 0.485. The van der Waals surface area contributed by atoms with E-state index in [1.54, 1.807) is 0 Å². The summed E-state index contributed by atoms with van der Waals surface area (Å²) in [6.07, 6.45) is 7.24. The van der Waals surface area contributed by atoms with Gasteiger partial charge in [-0.3, -0.25) is 0 Å². The molecule has 0 spiro atoms. The smallest absolute Gasteiger partial charge is 0.151 e. The van der Waals surface area contributed by atoms with Gasteiger partial charge in [-0.15, -0.1) is 5.10 Å². The summed E-state index contributed by atoms with van der Waals surface area (Å²) < 4.78 is 0. The third-order valence-corrected chi connectivity index (χ3v) is 5.95. The predicted octanol–water partition coefficient (Wildman–Crippen LogP) is 2.66. The summed E-state index contributed by atoms with van der Waals surface area (Å²) in [5.41, 5.74) is 3.68. The van der Waals surface area contributed by atoms with Gasteiger partial charge >= 0.3 is 0 Å². The molecule has 0 atom stereocenters. The first kappa shape index (κ1) is 16.0. The Morgan fingerprint density at radius 1 is 1.04 bits per heavy atom. The lowest BCUT2D eigenvalue weighted by Gasteiger charge is -2.45. The fraction of sp³-hybridized carbons (Fsp3) is 0.600. The third kappa shape index (κ3) is 2.91. The molecule has 26 heavy (non-hydrogen) atoms. The lowest BCUT2D eigenvalue weighted by atomic mass is 9.96. The number of aromatic nitrogens is 4. The minimum absolute atomic E-state index is 0.467. The molecule has 1 aliphatic heterocycles. The molecule has 0 unspecified atom stereocenters. The average molecular weight is 350 g/mol. The van der Waals surface area contributed by atoms with Gasteiger partial charge in [-0.1, -0.05) is 0 Å². The maximum Gasteiger partial charge on any atom is 0.151 e. The van der Waals surface area contributed by atoms with Crippen molar-refractivity contribution in [2.45, 2.75) is 57.4 Å². The Hall–Kier alpha value is -2.24. The maximum absolute atomic E-state index is 4.82. The number of hydrogen-bond acceptors (Lipinski definition) is 6. The Labute approximate surface area is 154 Å². The van der Waals surface area contributed by atoms with Gasteiger partial charge < -0.3 is 9.80 Å². The van der Waals surface area contributed by atoms with Crippen LogP contribution in [0.2, 0.25) is 0 Å². The lowest BCUT2D eigenvalue weighted by Crippen LogP contribution is -2.59. The summed E-state index contributed by atoms with van der Waals surface area (Å²) in [6.45, 7) is 4.03. The van der Waals surface area contributed by atoms with Crippen molar-refractivity contribution in [3.8, 4) is 0 Å². The number of likely N-dealkylation sites (N-methyl/N-ethyl adjacent to an activating group) is 1. The fourth-order valence-corrected chi connectivity index (χ4v) is 3.99. The molecule has 0 aromatic carbocycles. The van der Waals surface area contributed by atoms with Crippen LogP contribution in [0.3, 0.4) is 0 Å². The van der Waals surface area contributed by atoms with Gasteiger partial charge in [0.25, 0.3) is 0 Å². The van der Waals surface area contributed by atoms with Crippen LogP contribution in [0.15, 0.2) is 12.1 Å². The second-order valence-corrected chi connectivity index (χ2v) is 8.05. The molecule has 1 saturated carbocycles. The van der Waals surface area contributed by atoms with Crippen molar-refractivity contribution in [1.29, 1.82) is 0 Å². The summed E-state index contributed by atoms with van der Waals surface area (Å²) in [7, 11) is 2.15. The molecule has 1 saturated heterocycles. The summed E-state index contributed by atoms with van der Waals surface area (Å²) >= 11 is 0. The molecule has 0 N–H and O–H groups in total. The van der Waals surface area contributed by atoms with Gasteiger partial charge in [0, 0.05) is 37.8 Å². The van der Waals surface area contributed by atoms with Gasteiger partial charge in [0.05, 0.1) is 11.7 Å². The van der Waals surface area contributed by atoms with E-state index in [0.29, 0.717) is 12.0 Å². The maximum atomic E-state index is 4.82. The van der Waals surface area contributed by atoms with Crippen LogP contribution < -0.4 is 9.80 Å². The molecule has 6 nitrogen and oxygen atoms in total. The molecule has 2 aromatic rings. The van der Waals surface area contributed by atoms with E-state index in [1.165, 1.54) is 36.9 Å². The van der Waals surface area contributed by atoms with E-state index in [0.717, 1.165) is 49.1 Å². The van der Waals surface area contributed by atoms with Crippen molar-refractivity contribution in [1.82, 2.24) is 20.2 Å². The van der Waals surface area contributed by atoms with Crippen LogP contribution in [0.1, 0.15) is 54.4 Å². The minimum atomic E-state index is 0.467. The zero-order chi connectivity index (χ0) is 17.7. The van der Waals surface area contributed by atoms with E-state index in [4.69, 9.17) is 4.98 Å². The van der Waals surface area contributed by atoms with Crippen LogP contribution in [0.25, 0.3) is 0 Å². The molecule has 3 heterocycles. The van der Waals surface area contributed by atoms with E-state index in [-0.39, 0.29) is 0 Å². The van der Waals surface area contributed by atoms with E-state index in [9.17, 15) is 0 Å².